The van der Waals surface area contributed by atoms with Crippen molar-refractivity contribution in [1.82, 2.24) is 15.0 Å². The Bertz CT molecular complexity index is 2880. The van der Waals surface area contributed by atoms with E-state index in [-0.39, 0.29) is 0 Å². The normalized spacial score (nSPS) is 11.7. The first-order valence-electron chi connectivity index (χ1n) is 16.4. The molecular weight excluding hydrogens is 599 g/mol. The van der Waals surface area contributed by atoms with Gasteiger partial charge in [-0.05, 0) is 50.0 Å². The molecule has 4 nitrogen and oxygen atoms in total. The van der Waals surface area contributed by atoms with E-state index in [1.54, 1.807) is 0 Å². The van der Waals surface area contributed by atoms with Gasteiger partial charge in [0.15, 0.2) is 17.5 Å². The molecule has 0 aliphatic rings. The Balaban J connectivity index is 1.20. The SMILES string of the molecule is c1ccc(-c2nc(-c3ccc4c(ccc5ccc6ccccc6c54)c3)nc(-c3cccc4oc5c(-c6ccccc6)cccc5c34)n2)cc1. The van der Waals surface area contributed by atoms with Gasteiger partial charge in [-0.25, -0.2) is 15.0 Å². The summed E-state index contributed by atoms with van der Waals surface area (Å²) >= 11 is 0. The first-order chi connectivity index (χ1) is 24.3. The van der Waals surface area contributed by atoms with Gasteiger partial charge < -0.3 is 4.42 Å². The molecule has 228 valence electrons. The van der Waals surface area contributed by atoms with Crippen LogP contribution in [0.2, 0.25) is 0 Å². The molecule has 0 bridgehead atoms. The third-order valence-corrected chi connectivity index (χ3v) is 9.50. The van der Waals surface area contributed by atoms with Crippen LogP contribution in [-0.2, 0) is 0 Å². The molecule has 49 heavy (non-hydrogen) atoms. The van der Waals surface area contributed by atoms with Crippen molar-refractivity contribution >= 4 is 54.3 Å². The molecule has 10 aromatic rings. The Kier molecular flexibility index (Phi) is 6.15. The van der Waals surface area contributed by atoms with Crippen molar-refractivity contribution in [2.24, 2.45) is 0 Å². The standard InChI is InChI=1S/C45H27N3O/c1-3-11-28(12-4-1)36-17-9-18-37-41-38(19-10-20-39(41)49-42(36)37)45-47-43(31-14-5-2-6-15-31)46-44(48-45)33-25-26-35-32(27-33)24-23-30-22-21-29-13-7-8-16-34(29)40(30)35/h1-27H. The lowest BCUT2D eigenvalue weighted by Gasteiger charge is -2.11. The van der Waals surface area contributed by atoms with E-state index in [1.807, 2.05) is 48.5 Å². The number of benzene rings is 8. The van der Waals surface area contributed by atoms with Gasteiger partial charge in [0.05, 0.1) is 0 Å². The predicted molar refractivity (Wildman–Crippen MR) is 201 cm³/mol. The molecule has 0 amide bonds. The minimum Gasteiger partial charge on any atom is -0.455 e. The molecule has 0 unspecified atom stereocenters. The second-order valence-electron chi connectivity index (χ2n) is 12.4. The van der Waals surface area contributed by atoms with Gasteiger partial charge in [-0.3, -0.25) is 0 Å². The summed E-state index contributed by atoms with van der Waals surface area (Å²) in [5.41, 5.74) is 6.58. The minimum atomic E-state index is 0.604. The maximum Gasteiger partial charge on any atom is 0.164 e. The number of fused-ring (bicyclic) bond motifs is 8. The number of rotatable bonds is 4. The number of aromatic nitrogens is 3. The van der Waals surface area contributed by atoms with Crippen LogP contribution in [0, 0.1) is 0 Å². The van der Waals surface area contributed by atoms with Gasteiger partial charge in [-0.2, -0.15) is 0 Å². The fourth-order valence-corrected chi connectivity index (χ4v) is 7.20. The van der Waals surface area contributed by atoms with Crippen LogP contribution in [0.25, 0.3) is 99.5 Å². The van der Waals surface area contributed by atoms with Gasteiger partial charge in [0.1, 0.15) is 11.2 Å². The van der Waals surface area contributed by atoms with Gasteiger partial charge in [0.25, 0.3) is 0 Å². The molecule has 2 aromatic heterocycles. The lowest BCUT2D eigenvalue weighted by atomic mass is 9.95. The number of furan rings is 1. The number of hydrogen-bond donors (Lipinski definition) is 0. The molecule has 4 heteroatoms. The van der Waals surface area contributed by atoms with Gasteiger partial charge in [-0.15, -0.1) is 0 Å². The van der Waals surface area contributed by atoms with Crippen LogP contribution in [0.5, 0.6) is 0 Å². The lowest BCUT2D eigenvalue weighted by Crippen LogP contribution is -2.00. The first-order valence-corrected chi connectivity index (χ1v) is 16.4. The van der Waals surface area contributed by atoms with Crippen LogP contribution in [0.4, 0.5) is 0 Å². The summed E-state index contributed by atoms with van der Waals surface area (Å²) in [4.78, 5) is 15.3. The van der Waals surface area contributed by atoms with E-state index >= 15 is 0 Å². The second-order valence-corrected chi connectivity index (χ2v) is 12.4. The van der Waals surface area contributed by atoms with Crippen molar-refractivity contribution in [3.8, 4) is 45.3 Å². The van der Waals surface area contributed by atoms with Gasteiger partial charge in [0, 0.05) is 33.0 Å². The van der Waals surface area contributed by atoms with Gasteiger partial charge >= 0.3 is 0 Å². The second kappa shape index (κ2) is 11.0. The van der Waals surface area contributed by atoms with Crippen LogP contribution in [0.1, 0.15) is 0 Å². The van der Waals surface area contributed by atoms with E-state index < -0.39 is 0 Å². The highest BCUT2D eigenvalue weighted by molar-refractivity contribution is 6.20. The number of hydrogen-bond acceptors (Lipinski definition) is 4. The Morgan fingerprint density at radius 1 is 0.347 bits per heavy atom. The summed E-state index contributed by atoms with van der Waals surface area (Å²) in [6.07, 6.45) is 0. The van der Waals surface area contributed by atoms with Crippen LogP contribution < -0.4 is 0 Å². The summed E-state index contributed by atoms with van der Waals surface area (Å²) in [7, 11) is 0. The Hall–Kier alpha value is -6.65. The Labute approximate surface area is 282 Å². The number of para-hydroxylation sites is 1. The van der Waals surface area contributed by atoms with Gasteiger partial charge in [0.2, 0.25) is 0 Å². The van der Waals surface area contributed by atoms with E-state index in [2.05, 4.69) is 115 Å². The molecule has 0 fully saturated rings. The van der Waals surface area contributed by atoms with Crippen molar-refractivity contribution in [2.45, 2.75) is 0 Å². The smallest absolute Gasteiger partial charge is 0.164 e. The molecule has 0 N–H and O–H groups in total. The van der Waals surface area contributed by atoms with Crippen LogP contribution in [-0.4, -0.2) is 15.0 Å². The molecule has 0 radical (unpaired) electrons. The quantitative estimate of drug-likeness (QED) is 0.183. The highest BCUT2D eigenvalue weighted by atomic mass is 16.3. The molecule has 8 aromatic carbocycles. The summed E-state index contributed by atoms with van der Waals surface area (Å²) < 4.78 is 6.57. The van der Waals surface area contributed by atoms with Crippen molar-refractivity contribution in [1.29, 1.82) is 0 Å². The zero-order valence-corrected chi connectivity index (χ0v) is 26.3. The molecular formula is C45H27N3O. The Morgan fingerprint density at radius 2 is 0.959 bits per heavy atom. The molecule has 0 saturated carbocycles. The summed E-state index contributed by atoms with van der Waals surface area (Å²) in [6.45, 7) is 0. The average molecular weight is 626 g/mol. The van der Waals surface area contributed by atoms with Crippen LogP contribution in [0.15, 0.2) is 168 Å². The summed E-state index contributed by atoms with van der Waals surface area (Å²) in [5, 5.41) is 9.34. The topological polar surface area (TPSA) is 51.8 Å². The monoisotopic (exact) mass is 625 g/mol. The lowest BCUT2D eigenvalue weighted by molar-refractivity contribution is 0.670. The fraction of sp³-hybridized carbons (Fsp3) is 0. The molecule has 0 aliphatic heterocycles. The van der Waals surface area contributed by atoms with E-state index in [0.29, 0.717) is 17.5 Å². The van der Waals surface area contributed by atoms with E-state index in [1.165, 1.54) is 26.9 Å². The van der Waals surface area contributed by atoms with Crippen LogP contribution >= 0.6 is 0 Å². The average Bonchev–Trinajstić information content (AvgIpc) is 3.57. The maximum absolute atomic E-state index is 6.57. The first kappa shape index (κ1) is 27.5. The molecule has 0 spiro atoms. The van der Waals surface area contributed by atoms with E-state index in [0.717, 1.165) is 55.1 Å². The zero-order chi connectivity index (χ0) is 32.3. The highest BCUT2D eigenvalue weighted by Gasteiger charge is 2.19. The van der Waals surface area contributed by atoms with Gasteiger partial charge in [-0.1, -0.05) is 152 Å². The predicted octanol–water partition coefficient (Wildman–Crippen LogP) is 11.9. The third-order valence-electron chi connectivity index (χ3n) is 9.50. The zero-order valence-electron chi connectivity index (χ0n) is 26.3. The van der Waals surface area contributed by atoms with Crippen molar-refractivity contribution in [3.63, 3.8) is 0 Å². The van der Waals surface area contributed by atoms with Crippen LogP contribution in [0.3, 0.4) is 0 Å². The maximum atomic E-state index is 6.57. The molecule has 10 rings (SSSR count). The number of nitrogens with zero attached hydrogens (tertiary/aromatic N) is 3. The Morgan fingerprint density at radius 3 is 1.80 bits per heavy atom. The molecule has 0 aliphatic carbocycles. The van der Waals surface area contributed by atoms with E-state index in [9.17, 15) is 0 Å². The van der Waals surface area contributed by atoms with Crippen molar-refractivity contribution in [3.05, 3.63) is 164 Å². The molecule has 0 atom stereocenters. The third kappa shape index (κ3) is 4.49. The van der Waals surface area contributed by atoms with E-state index in [4.69, 9.17) is 19.4 Å². The summed E-state index contributed by atoms with van der Waals surface area (Å²) in [6, 6.07) is 56.8. The molecule has 0 saturated heterocycles. The fourth-order valence-electron chi connectivity index (χ4n) is 7.20. The van der Waals surface area contributed by atoms with Crippen molar-refractivity contribution < 1.29 is 4.42 Å². The minimum absolute atomic E-state index is 0.604. The highest BCUT2D eigenvalue weighted by Crippen LogP contribution is 2.40. The summed E-state index contributed by atoms with van der Waals surface area (Å²) in [5.74, 6) is 1.85. The van der Waals surface area contributed by atoms with Crippen molar-refractivity contribution in [2.75, 3.05) is 0 Å². The molecule has 2 heterocycles. The largest absolute Gasteiger partial charge is 0.455 e.